The summed E-state index contributed by atoms with van der Waals surface area (Å²) in [5.74, 6) is 0. The molecule has 0 atom stereocenters. The lowest BCUT2D eigenvalue weighted by Gasteiger charge is -2.26. The maximum atomic E-state index is 7.62. The molecule has 4 N–H and O–H groups in total. The highest BCUT2D eigenvalue weighted by Crippen LogP contribution is 2.13. The van der Waals surface area contributed by atoms with Gasteiger partial charge in [0.05, 0.1) is 23.0 Å². The molecule has 0 aromatic heterocycles. The predicted molar refractivity (Wildman–Crippen MR) is 78.1 cm³/mol. The monoisotopic (exact) mass is 348 g/mol. The number of halogens is 1. The molecule has 0 aromatic rings. The molecule has 0 radical (unpaired) electrons. The topological polar surface area (TPSA) is 81.0 Å². The van der Waals surface area contributed by atoms with E-state index in [9.17, 15) is 0 Å². The maximum Gasteiger partial charge on any atom is 0.0969 e. The number of rotatable bonds is 7. The van der Waals surface area contributed by atoms with E-state index in [0.717, 1.165) is 24.4 Å². The highest BCUT2D eigenvalue weighted by molar-refractivity contribution is 14.1. The van der Waals surface area contributed by atoms with E-state index in [4.69, 9.17) is 15.6 Å². The summed E-state index contributed by atoms with van der Waals surface area (Å²) in [5, 5.41) is 21.1. The normalized spacial score (nSPS) is 17.3. The SMILES string of the molecule is CN/C=C(/C/C(C=N)=C/NC1COC1)C(=N)I. The van der Waals surface area contributed by atoms with Crippen molar-refractivity contribution in [3.05, 3.63) is 23.5 Å². The minimum Gasteiger partial charge on any atom is -0.394 e. The van der Waals surface area contributed by atoms with Crippen LogP contribution in [-0.2, 0) is 4.74 Å². The van der Waals surface area contributed by atoms with Crippen molar-refractivity contribution in [1.29, 1.82) is 10.8 Å². The summed E-state index contributed by atoms with van der Waals surface area (Å²) in [4.78, 5) is 0. The predicted octanol–water partition coefficient (Wildman–Crippen LogP) is 1.41. The zero-order valence-corrected chi connectivity index (χ0v) is 11.9. The molecule has 1 fully saturated rings. The zero-order valence-electron chi connectivity index (χ0n) is 9.72. The Balaban J connectivity index is 2.56. The largest absolute Gasteiger partial charge is 0.394 e. The smallest absolute Gasteiger partial charge is 0.0969 e. The number of ether oxygens (including phenoxy) is 1. The Labute approximate surface area is 115 Å². The van der Waals surface area contributed by atoms with E-state index < -0.39 is 0 Å². The second kappa shape index (κ2) is 7.44. The summed E-state index contributed by atoms with van der Waals surface area (Å²) in [6.45, 7) is 1.45. The molecule has 0 amide bonds. The van der Waals surface area contributed by atoms with Gasteiger partial charge in [0.2, 0.25) is 0 Å². The molecule has 0 spiro atoms. The van der Waals surface area contributed by atoms with Crippen LogP contribution in [-0.4, -0.2) is 36.2 Å². The summed E-state index contributed by atoms with van der Waals surface area (Å²) in [6.07, 6.45) is 5.52. The molecule has 1 heterocycles. The van der Waals surface area contributed by atoms with Gasteiger partial charge in [-0.1, -0.05) is 0 Å². The van der Waals surface area contributed by atoms with Gasteiger partial charge >= 0.3 is 0 Å². The summed E-state index contributed by atoms with van der Waals surface area (Å²) < 4.78 is 5.54. The van der Waals surface area contributed by atoms with Crippen LogP contribution in [0, 0.1) is 10.8 Å². The lowest BCUT2D eigenvalue weighted by Crippen LogP contribution is -2.43. The summed E-state index contributed by atoms with van der Waals surface area (Å²) in [5.41, 5.74) is 1.72. The van der Waals surface area contributed by atoms with Gasteiger partial charge in [0.15, 0.2) is 0 Å². The molecular weight excluding hydrogens is 331 g/mol. The van der Waals surface area contributed by atoms with E-state index >= 15 is 0 Å². The molecule has 0 bridgehead atoms. The van der Waals surface area contributed by atoms with Gasteiger partial charge in [0.1, 0.15) is 0 Å². The van der Waals surface area contributed by atoms with Gasteiger partial charge in [-0.2, -0.15) is 0 Å². The van der Waals surface area contributed by atoms with E-state index in [-0.39, 0.29) is 0 Å². The third-order valence-corrected chi connectivity index (χ3v) is 3.02. The van der Waals surface area contributed by atoms with E-state index in [0.29, 0.717) is 16.2 Å². The van der Waals surface area contributed by atoms with Gasteiger partial charge in [-0.15, -0.1) is 0 Å². The quantitative estimate of drug-likeness (QED) is 0.415. The van der Waals surface area contributed by atoms with Gasteiger partial charge in [-0.25, -0.2) is 0 Å². The fourth-order valence-electron chi connectivity index (χ4n) is 1.29. The Bertz CT molecular complexity index is 347. The molecule has 1 aliphatic heterocycles. The molecule has 1 rings (SSSR count). The van der Waals surface area contributed by atoms with E-state index in [2.05, 4.69) is 10.6 Å². The first kappa shape index (κ1) is 14.2. The molecule has 5 nitrogen and oxygen atoms in total. The number of hydrogen-bond donors (Lipinski definition) is 4. The van der Waals surface area contributed by atoms with Gasteiger partial charge in [-0.3, -0.25) is 5.41 Å². The van der Waals surface area contributed by atoms with E-state index in [1.807, 2.05) is 28.8 Å². The van der Waals surface area contributed by atoms with Crippen molar-refractivity contribution in [3.63, 3.8) is 0 Å². The Morgan fingerprint density at radius 1 is 1.47 bits per heavy atom. The molecule has 0 unspecified atom stereocenters. The summed E-state index contributed by atoms with van der Waals surface area (Å²) in [6, 6.07) is 0.362. The minimum absolute atomic E-state index is 0.362. The third kappa shape index (κ3) is 4.86. The van der Waals surface area contributed by atoms with Crippen LogP contribution in [0.2, 0.25) is 0 Å². The Hall–Kier alpha value is -0.890. The molecule has 0 aliphatic carbocycles. The van der Waals surface area contributed by atoms with Crippen LogP contribution in [0.25, 0.3) is 0 Å². The van der Waals surface area contributed by atoms with Gasteiger partial charge < -0.3 is 20.8 Å². The number of allylic oxidation sites excluding steroid dienone is 2. The zero-order chi connectivity index (χ0) is 12.7. The second-order valence-electron chi connectivity index (χ2n) is 3.71. The second-order valence-corrected chi connectivity index (χ2v) is 4.79. The van der Waals surface area contributed by atoms with Crippen molar-refractivity contribution < 1.29 is 4.74 Å². The molecule has 1 aliphatic rings. The number of hydrogen-bond acceptors (Lipinski definition) is 5. The molecule has 17 heavy (non-hydrogen) atoms. The van der Waals surface area contributed by atoms with Crippen molar-refractivity contribution >= 4 is 32.5 Å². The summed E-state index contributed by atoms with van der Waals surface area (Å²) in [7, 11) is 1.80. The molecule has 1 saturated heterocycles. The average molecular weight is 348 g/mol. The van der Waals surface area contributed by atoms with Crippen molar-refractivity contribution in [2.24, 2.45) is 0 Å². The van der Waals surface area contributed by atoms with Crippen LogP contribution in [0.1, 0.15) is 6.42 Å². The fourth-order valence-corrected chi connectivity index (χ4v) is 1.63. The molecule has 6 heteroatoms. The van der Waals surface area contributed by atoms with Gasteiger partial charge in [0.25, 0.3) is 0 Å². The van der Waals surface area contributed by atoms with Crippen LogP contribution in [0.3, 0.4) is 0 Å². The first-order valence-corrected chi connectivity index (χ1v) is 6.39. The minimum atomic E-state index is 0.362. The van der Waals surface area contributed by atoms with Gasteiger partial charge in [0, 0.05) is 37.7 Å². The summed E-state index contributed by atoms with van der Waals surface area (Å²) >= 11 is 1.97. The molecule has 0 saturated carbocycles. The Morgan fingerprint density at radius 3 is 2.59 bits per heavy atom. The van der Waals surface area contributed by atoms with Crippen molar-refractivity contribution in [2.45, 2.75) is 12.5 Å². The molecule has 94 valence electrons. The third-order valence-electron chi connectivity index (χ3n) is 2.32. The van der Waals surface area contributed by atoms with Gasteiger partial charge in [-0.05, 0) is 28.2 Å². The molecular formula is C11H17IN4O. The Kier molecular flexibility index (Phi) is 6.20. The van der Waals surface area contributed by atoms with Crippen LogP contribution in [0.15, 0.2) is 23.5 Å². The number of nitrogens with one attached hydrogen (secondary N) is 4. The van der Waals surface area contributed by atoms with Crippen LogP contribution < -0.4 is 10.6 Å². The van der Waals surface area contributed by atoms with Crippen LogP contribution in [0.4, 0.5) is 0 Å². The van der Waals surface area contributed by atoms with Crippen molar-refractivity contribution in [1.82, 2.24) is 10.6 Å². The van der Waals surface area contributed by atoms with Crippen molar-refractivity contribution in [2.75, 3.05) is 20.3 Å². The lowest BCUT2D eigenvalue weighted by atomic mass is 10.1. The highest BCUT2D eigenvalue weighted by atomic mass is 127. The van der Waals surface area contributed by atoms with E-state index in [1.165, 1.54) is 6.21 Å². The van der Waals surface area contributed by atoms with Crippen LogP contribution >= 0.6 is 22.6 Å². The standard InChI is InChI=1S/C11H17IN4O/c1-15-5-9(11(12)14)2-8(3-13)4-16-10-6-17-7-10/h3-5,10,13-16H,2,6-7H2,1H3/b8-4-,9-5-,13-3?,14-11?. The lowest BCUT2D eigenvalue weighted by molar-refractivity contribution is 0.000707. The van der Waals surface area contributed by atoms with Crippen LogP contribution in [0.5, 0.6) is 0 Å². The fraction of sp³-hybridized carbons (Fsp3) is 0.455. The first-order valence-electron chi connectivity index (χ1n) is 5.31. The van der Waals surface area contributed by atoms with E-state index in [1.54, 1.807) is 13.2 Å². The maximum absolute atomic E-state index is 7.62. The average Bonchev–Trinajstić information content (AvgIpc) is 2.24. The Morgan fingerprint density at radius 2 is 2.18 bits per heavy atom. The molecule has 0 aromatic carbocycles. The van der Waals surface area contributed by atoms with Crippen molar-refractivity contribution in [3.8, 4) is 0 Å². The highest BCUT2D eigenvalue weighted by Gasteiger charge is 2.16. The first-order chi connectivity index (χ1) is 8.17.